The first-order valence-electron chi connectivity index (χ1n) is 10.4. The molecule has 7 nitrogen and oxygen atoms in total. The van der Waals surface area contributed by atoms with Crippen LogP contribution in [0, 0.1) is 5.82 Å². The summed E-state index contributed by atoms with van der Waals surface area (Å²) in [6.07, 6.45) is 2.23. The van der Waals surface area contributed by atoms with Gasteiger partial charge in [-0.15, -0.1) is 0 Å². The van der Waals surface area contributed by atoms with Crippen LogP contribution < -0.4 is 5.32 Å². The maximum Gasteiger partial charge on any atom is 0.434 e. The fourth-order valence-corrected chi connectivity index (χ4v) is 4.70. The van der Waals surface area contributed by atoms with Crippen LogP contribution in [-0.4, -0.2) is 48.9 Å². The van der Waals surface area contributed by atoms with Gasteiger partial charge >= 0.3 is 6.18 Å². The number of nitrogens with zero attached hydrogens (tertiary/aromatic N) is 5. The Morgan fingerprint density at radius 3 is 2.52 bits per heavy atom. The molecule has 1 N–H and O–H groups in total. The van der Waals surface area contributed by atoms with Crippen LogP contribution >= 0.6 is 0 Å². The highest BCUT2D eigenvalue weighted by molar-refractivity contribution is 6.01. The molecule has 4 heterocycles. The maximum absolute atomic E-state index is 14.7. The number of hydrogen-bond acceptors (Lipinski definition) is 6. The molecular formula is C22H18F4N6O. The molecule has 0 radical (unpaired) electrons. The number of carbonyl (C=O) groups excluding carboxylic acids is 1. The Morgan fingerprint density at radius 1 is 1.03 bits per heavy atom. The Morgan fingerprint density at radius 2 is 1.82 bits per heavy atom. The predicted octanol–water partition coefficient (Wildman–Crippen LogP) is 3.95. The second-order valence-corrected chi connectivity index (χ2v) is 8.02. The average Bonchev–Trinajstić information content (AvgIpc) is 3.36. The van der Waals surface area contributed by atoms with Crippen molar-refractivity contribution >= 4 is 11.7 Å². The number of rotatable bonds is 4. The molecule has 170 valence electrons. The minimum Gasteiger partial charge on any atom is -0.364 e. The summed E-state index contributed by atoms with van der Waals surface area (Å²) in [5, 5.41) is 3.11. The number of anilines is 1. The first-order chi connectivity index (χ1) is 15.8. The number of aromatic nitrogens is 4. The van der Waals surface area contributed by atoms with E-state index in [1.54, 1.807) is 17.0 Å². The number of benzene rings is 1. The van der Waals surface area contributed by atoms with E-state index in [2.05, 4.69) is 25.3 Å². The summed E-state index contributed by atoms with van der Waals surface area (Å²) in [6, 6.07) is 5.40. The minimum atomic E-state index is -4.56. The van der Waals surface area contributed by atoms with Gasteiger partial charge in [0.15, 0.2) is 11.5 Å². The lowest BCUT2D eigenvalue weighted by atomic mass is 9.95. The van der Waals surface area contributed by atoms with Crippen molar-refractivity contribution in [2.75, 3.05) is 5.32 Å². The van der Waals surface area contributed by atoms with Gasteiger partial charge in [-0.25, -0.2) is 24.3 Å². The van der Waals surface area contributed by atoms with Gasteiger partial charge in [0, 0.05) is 18.4 Å². The summed E-state index contributed by atoms with van der Waals surface area (Å²) in [6.45, 7) is 0. The summed E-state index contributed by atoms with van der Waals surface area (Å²) in [7, 11) is 0. The first-order valence-corrected chi connectivity index (χ1v) is 10.4. The third-order valence-corrected chi connectivity index (χ3v) is 6.08. The number of hydrogen-bond donors (Lipinski definition) is 1. The van der Waals surface area contributed by atoms with Crippen molar-refractivity contribution in [1.29, 1.82) is 0 Å². The fraction of sp³-hybridized carbons (Fsp3) is 0.318. The van der Waals surface area contributed by atoms with Gasteiger partial charge in [-0.05, 0) is 37.5 Å². The van der Waals surface area contributed by atoms with Crippen LogP contribution in [0.4, 0.5) is 23.4 Å². The van der Waals surface area contributed by atoms with Gasteiger partial charge in [-0.2, -0.15) is 13.2 Å². The van der Waals surface area contributed by atoms with Crippen LogP contribution in [0.1, 0.15) is 35.3 Å². The summed E-state index contributed by atoms with van der Waals surface area (Å²) < 4.78 is 52.9. The lowest BCUT2D eigenvalue weighted by molar-refractivity contribution is -0.141. The standard InChI is InChI=1S/C22H18F4N6O/c23-14-4-1-3-13(19(14)20-27-7-2-8-28-20)21(33)32-12-5-6-16(32)15(9-12)31-18-11-29-17(10-30-18)22(24,25)26/h1-4,7-8,10-12,15-16H,5-6,9H2,(H,30,31)/t12?,15-,16?/m1/s1. The minimum absolute atomic E-state index is 0.0486. The summed E-state index contributed by atoms with van der Waals surface area (Å²) in [5.74, 6) is -0.585. The Bertz CT molecular complexity index is 1170. The van der Waals surface area contributed by atoms with Crippen LogP contribution in [0.25, 0.3) is 11.4 Å². The molecule has 3 aromatic rings. The molecular weight excluding hydrogens is 440 g/mol. The van der Waals surface area contributed by atoms with E-state index in [4.69, 9.17) is 0 Å². The van der Waals surface area contributed by atoms with Gasteiger partial charge in [0.25, 0.3) is 5.91 Å². The molecule has 0 spiro atoms. The summed E-state index contributed by atoms with van der Waals surface area (Å²) in [5.41, 5.74) is -0.847. The van der Waals surface area contributed by atoms with E-state index in [-0.39, 0.29) is 46.8 Å². The third kappa shape index (κ3) is 3.87. The topological polar surface area (TPSA) is 83.9 Å². The molecule has 2 aromatic heterocycles. The Hall–Kier alpha value is -3.63. The molecule has 5 rings (SSSR count). The van der Waals surface area contributed by atoms with Crippen molar-refractivity contribution in [1.82, 2.24) is 24.8 Å². The molecule has 3 atom stereocenters. The third-order valence-electron chi connectivity index (χ3n) is 6.08. The molecule has 1 amide bonds. The number of carbonyl (C=O) groups is 1. The molecule has 2 fully saturated rings. The van der Waals surface area contributed by atoms with Gasteiger partial charge in [0.1, 0.15) is 11.6 Å². The van der Waals surface area contributed by atoms with Gasteiger partial charge in [-0.3, -0.25) is 4.79 Å². The lowest BCUT2D eigenvalue weighted by Crippen LogP contribution is -2.40. The van der Waals surface area contributed by atoms with Crippen molar-refractivity contribution in [2.45, 2.75) is 43.6 Å². The van der Waals surface area contributed by atoms with Crippen molar-refractivity contribution in [3.8, 4) is 11.4 Å². The van der Waals surface area contributed by atoms with Crippen molar-refractivity contribution in [3.05, 3.63) is 66.1 Å². The van der Waals surface area contributed by atoms with Crippen molar-refractivity contribution in [2.24, 2.45) is 0 Å². The SMILES string of the molecule is O=C(c1cccc(F)c1-c1ncccn1)N1C2CCC1[C@H](Nc1cnc(C(F)(F)F)cn1)C2. The molecule has 33 heavy (non-hydrogen) atoms. The van der Waals surface area contributed by atoms with Gasteiger partial charge in [0.05, 0.1) is 35.6 Å². The van der Waals surface area contributed by atoms with Gasteiger partial charge < -0.3 is 10.2 Å². The number of nitrogens with one attached hydrogen (secondary N) is 1. The highest BCUT2D eigenvalue weighted by Gasteiger charge is 2.49. The monoisotopic (exact) mass is 458 g/mol. The van der Waals surface area contributed by atoms with Crippen LogP contribution in [0.3, 0.4) is 0 Å². The zero-order valence-corrected chi connectivity index (χ0v) is 17.1. The largest absolute Gasteiger partial charge is 0.434 e. The van der Waals surface area contributed by atoms with E-state index in [0.717, 1.165) is 12.6 Å². The number of halogens is 4. The fourth-order valence-electron chi connectivity index (χ4n) is 4.70. The zero-order valence-electron chi connectivity index (χ0n) is 17.1. The zero-order chi connectivity index (χ0) is 23.2. The van der Waals surface area contributed by atoms with Crippen molar-refractivity contribution in [3.63, 3.8) is 0 Å². The van der Waals surface area contributed by atoms with Crippen LogP contribution in [0.15, 0.2) is 49.1 Å². The molecule has 0 aliphatic carbocycles. The highest BCUT2D eigenvalue weighted by Crippen LogP contribution is 2.41. The number of fused-ring (bicyclic) bond motifs is 2. The molecule has 1 aromatic carbocycles. The first kappa shape index (κ1) is 21.2. The lowest BCUT2D eigenvalue weighted by Gasteiger charge is -2.26. The predicted molar refractivity (Wildman–Crippen MR) is 109 cm³/mol. The highest BCUT2D eigenvalue weighted by atomic mass is 19.4. The van der Waals surface area contributed by atoms with Gasteiger partial charge in [0.2, 0.25) is 0 Å². The number of amides is 1. The van der Waals surface area contributed by atoms with Crippen LogP contribution in [0.5, 0.6) is 0 Å². The quantitative estimate of drug-likeness (QED) is 0.596. The van der Waals surface area contributed by atoms with E-state index < -0.39 is 17.7 Å². The molecule has 0 saturated carbocycles. The summed E-state index contributed by atoms with van der Waals surface area (Å²) in [4.78, 5) is 30.7. The smallest absolute Gasteiger partial charge is 0.364 e. The molecule has 2 bridgehead atoms. The Balaban J connectivity index is 1.39. The Labute approximate surface area is 185 Å². The van der Waals surface area contributed by atoms with Crippen molar-refractivity contribution < 1.29 is 22.4 Å². The molecule has 2 unspecified atom stereocenters. The molecule has 2 aliphatic heterocycles. The van der Waals surface area contributed by atoms with E-state index in [0.29, 0.717) is 19.0 Å². The maximum atomic E-state index is 14.7. The molecule has 2 saturated heterocycles. The van der Waals surface area contributed by atoms with Crippen LogP contribution in [-0.2, 0) is 6.18 Å². The second-order valence-electron chi connectivity index (χ2n) is 8.02. The number of alkyl halides is 3. The molecule has 2 aliphatic rings. The second kappa shape index (κ2) is 8.05. The average molecular weight is 458 g/mol. The van der Waals surface area contributed by atoms with E-state index in [1.807, 2.05) is 0 Å². The molecule has 11 heteroatoms. The van der Waals surface area contributed by atoms with Crippen LogP contribution in [0.2, 0.25) is 0 Å². The normalized spacial score (nSPS) is 21.9. The van der Waals surface area contributed by atoms with E-state index >= 15 is 0 Å². The Kier molecular flexibility index (Phi) is 5.18. The van der Waals surface area contributed by atoms with E-state index in [1.165, 1.54) is 24.5 Å². The van der Waals surface area contributed by atoms with E-state index in [9.17, 15) is 22.4 Å². The summed E-state index contributed by atoms with van der Waals surface area (Å²) >= 11 is 0. The van der Waals surface area contributed by atoms with Gasteiger partial charge in [-0.1, -0.05) is 6.07 Å².